The minimum atomic E-state index is -3.87. The molecule has 3 atom stereocenters. The van der Waals surface area contributed by atoms with Gasteiger partial charge < -0.3 is 5.11 Å². The zero-order valence-corrected chi connectivity index (χ0v) is 17.8. The summed E-state index contributed by atoms with van der Waals surface area (Å²) in [6.07, 6.45) is 1.50. The van der Waals surface area contributed by atoms with Crippen LogP contribution in [0.3, 0.4) is 0 Å². The summed E-state index contributed by atoms with van der Waals surface area (Å²) in [5.74, 6) is -1.14. The zero-order valence-electron chi connectivity index (χ0n) is 15.4. The smallest absolute Gasteiger partial charge is 0.305 e. The monoisotopic (exact) mass is 457 g/mol. The lowest BCUT2D eigenvalue weighted by molar-refractivity contribution is -0.137. The van der Waals surface area contributed by atoms with E-state index >= 15 is 0 Å². The first kappa shape index (κ1) is 20.5. The number of sulfonamides is 1. The van der Waals surface area contributed by atoms with Gasteiger partial charge in [-0.3, -0.25) is 9.59 Å². The Balaban J connectivity index is 1.87. The van der Waals surface area contributed by atoms with Crippen LogP contribution in [0.5, 0.6) is 0 Å². The molecule has 0 aliphatic heterocycles. The Hall–Kier alpha value is -1.25. The van der Waals surface area contributed by atoms with E-state index in [9.17, 15) is 23.1 Å². The van der Waals surface area contributed by atoms with Crippen LogP contribution in [-0.4, -0.2) is 31.0 Å². The third-order valence-corrected chi connectivity index (χ3v) is 8.54. The van der Waals surface area contributed by atoms with Gasteiger partial charge in [0.2, 0.25) is 10.0 Å². The number of rotatable bonds is 7. The van der Waals surface area contributed by atoms with Crippen molar-refractivity contribution < 1.29 is 23.1 Å². The molecule has 2 bridgehead atoms. The Morgan fingerprint density at radius 1 is 1.41 bits per heavy atom. The number of carboxylic acids is 1. The van der Waals surface area contributed by atoms with Crippen molar-refractivity contribution in [1.29, 1.82) is 0 Å². The van der Waals surface area contributed by atoms with Gasteiger partial charge in [-0.15, -0.1) is 0 Å². The number of nitrogens with one attached hydrogen (secondary N) is 1. The molecular formula is C19H24BrNO5S. The quantitative estimate of drug-likeness (QED) is 0.653. The van der Waals surface area contributed by atoms with Crippen molar-refractivity contribution in [2.75, 3.05) is 5.75 Å². The van der Waals surface area contributed by atoms with Crippen LogP contribution in [0.25, 0.3) is 0 Å². The van der Waals surface area contributed by atoms with Gasteiger partial charge >= 0.3 is 5.97 Å². The molecule has 0 heterocycles. The third-order valence-electron chi connectivity index (χ3n) is 6.53. The summed E-state index contributed by atoms with van der Waals surface area (Å²) in [6.45, 7) is 3.96. The molecule has 3 rings (SSSR count). The predicted octanol–water partition coefficient (Wildman–Crippen LogP) is 3.28. The molecule has 2 fully saturated rings. The lowest BCUT2D eigenvalue weighted by Gasteiger charge is -2.36. The molecule has 2 aliphatic carbocycles. The highest BCUT2D eigenvalue weighted by atomic mass is 79.9. The summed E-state index contributed by atoms with van der Waals surface area (Å²) in [4.78, 5) is 23.9. The highest BCUT2D eigenvalue weighted by Gasteiger charge is 2.65. The van der Waals surface area contributed by atoms with Crippen LogP contribution in [0.15, 0.2) is 28.7 Å². The maximum atomic E-state index is 13.0. The summed E-state index contributed by atoms with van der Waals surface area (Å²) >= 11 is 3.33. The number of aliphatic carboxylic acids is 1. The van der Waals surface area contributed by atoms with Gasteiger partial charge in [0.05, 0.1) is 18.2 Å². The molecule has 1 aromatic carbocycles. The topological polar surface area (TPSA) is 101 Å². The number of ketones is 1. The van der Waals surface area contributed by atoms with Gasteiger partial charge in [-0.2, -0.15) is 0 Å². The van der Waals surface area contributed by atoms with E-state index in [1.54, 1.807) is 24.3 Å². The molecule has 2 aliphatic rings. The summed E-state index contributed by atoms with van der Waals surface area (Å²) in [7, 11) is -3.87. The Bertz CT molecular complexity index is 882. The summed E-state index contributed by atoms with van der Waals surface area (Å²) in [6, 6.07) is 6.01. The molecule has 8 heteroatoms. The van der Waals surface area contributed by atoms with Crippen molar-refractivity contribution in [3.05, 3.63) is 34.3 Å². The van der Waals surface area contributed by atoms with Gasteiger partial charge in [-0.05, 0) is 41.9 Å². The molecule has 0 aromatic heterocycles. The molecule has 0 spiro atoms. The van der Waals surface area contributed by atoms with Gasteiger partial charge in [0, 0.05) is 16.3 Å². The molecule has 0 saturated heterocycles. The first-order chi connectivity index (χ1) is 12.5. The van der Waals surface area contributed by atoms with E-state index in [1.165, 1.54) is 0 Å². The fourth-order valence-corrected chi connectivity index (χ4v) is 7.30. The number of fused-ring (bicyclic) bond motifs is 2. The molecule has 0 unspecified atom stereocenters. The number of halogens is 1. The zero-order chi connectivity index (χ0) is 20.0. The number of carbonyl (C=O) groups excluding carboxylic acids is 1. The standard InChI is InChI=1S/C19H24BrNO5S/c1-18(2)13-6-7-19(18,16(22)9-13)11-27(25,26)21-15(10-17(23)24)12-4-3-5-14(20)8-12/h3-5,8,13,15,21H,6-7,9-11H2,1-2H3,(H,23,24)/t13-,15+,19-/m1/s1. The molecule has 148 valence electrons. The van der Waals surface area contributed by atoms with E-state index in [1.807, 2.05) is 13.8 Å². The Morgan fingerprint density at radius 3 is 2.63 bits per heavy atom. The third kappa shape index (κ3) is 3.71. The fourth-order valence-electron chi connectivity index (χ4n) is 4.82. The largest absolute Gasteiger partial charge is 0.481 e. The van der Waals surface area contributed by atoms with Crippen molar-refractivity contribution in [2.45, 2.75) is 45.6 Å². The summed E-state index contributed by atoms with van der Waals surface area (Å²) < 4.78 is 29.3. The molecule has 2 saturated carbocycles. The lowest BCUT2D eigenvalue weighted by atomic mass is 9.70. The number of hydrogen-bond donors (Lipinski definition) is 2. The van der Waals surface area contributed by atoms with Crippen molar-refractivity contribution in [2.24, 2.45) is 16.7 Å². The van der Waals surface area contributed by atoms with Crippen molar-refractivity contribution in [3.63, 3.8) is 0 Å². The highest BCUT2D eigenvalue weighted by Crippen LogP contribution is 2.64. The van der Waals surface area contributed by atoms with Crippen LogP contribution < -0.4 is 4.72 Å². The van der Waals surface area contributed by atoms with Crippen LogP contribution in [0.1, 0.15) is 51.1 Å². The van der Waals surface area contributed by atoms with Crippen LogP contribution in [-0.2, 0) is 19.6 Å². The molecule has 2 N–H and O–H groups in total. The Labute approximate surface area is 167 Å². The maximum absolute atomic E-state index is 13.0. The minimum Gasteiger partial charge on any atom is -0.481 e. The van der Waals surface area contributed by atoms with E-state index in [2.05, 4.69) is 20.7 Å². The Kier molecular flexibility index (Phi) is 5.29. The first-order valence-corrected chi connectivity index (χ1v) is 11.4. The number of carboxylic acid groups (broad SMARTS) is 1. The van der Waals surface area contributed by atoms with Crippen LogP contribution in [0, 0.1) is 16.7 Å². The van der Waals surface area contributed by atoms with Gasteiger partial charge in [0.1, 0.15) is 5.78 Å². The van der Waals surface area contributed by atoms with Gasteiger partial charge in [0.15, 0.2) is 0 Å². The molecule has 0 amide bonds. The lowest BCUT2D eigenvalue weighted by Crippen LogP contribution is -2.46. The molecular weight excluding hydrogens is 434 g/mol. The summed E-state index contributed by atoms with van der Waals surface area (Å²) in [5.41, 5.74) is -0.681. The average Bonchev–Trinajstić information content (AvgIpc) is 2.87. The molecule has 6 nitrogen and oxygen atoms in total. The van der Waals surface area contributed by atoms with Crippen LogP contribution >= 0.6 is 15.9 Å². The van der Waals surface area contributed by atoms with Gasteiger partial charge in [0.25, 0.3) is 0 Å². The second-order valence-electron chi connectivity index (χ2n) is 8.25. The molecule has 0 radical (unpaired) electrons. The number of Topliss-reactive ketones (excluding diaryl/α,β-unsaturated/α-hetero) is 1. The van der Waals surface area contributed by atoms with Gasteiger partial charge in [-0.1, -0.05) is 41.9 Å². The highest BCUT2D eigenvalue weighted by molar-refractivity contribution is 9.10. The minimum absolute atomic E-state index is 0.0198. The van der Waals surface area contributed by atoms with E-state index in [4.69, 9.17) is 0 Å². The van der Waals surface area contributed by atoms with Gasteiger partial charge in [-0.25, -0.2) is 13.1 Å². The van der Waals surface area contributed by atoms with E-state index < -0.39 is 27.4 Å². The first-order valence-electron chi connectivity index (χ1n) is 8.97. The Morgan fingerprint density at radius 2 is 2.11 bits per heavy atom. The maximum Gasteiger partial charge on any atom is 0.305 e. The SMILES string of the molecule is CC1(C)[C@@H]2CC[C@@]1(CS(=O)(=O)N[C@@H](CC(=O)O)c1cccc(Br)c1)C(=O)C2. The van der Waals surface area contributed by atoms with Crippen molar-refractivity contribution in [3.8, 4) is 0 Å². The fraction of sp³-hybridized carbons (Fsp3) is 0.579. The number of hydrogen-bond acceptors (Lipinski definition) is 4. The van der Waals surface area contributed by atoms with E-state index in [-0.39, 0.29) is 29.3 Å². The van der Waals surface area contributed by atoms with E-state index in [0.717, 1.165) is 10.9 Å². The number of benzene rings is 1. The second-order valence-corrected chi connectivity index (χ2v) is 10.9. The second kappa shape index (κ2) is 6.97. The number of carbonyl (C=O) groups is 2. The van der Waals surface area contributed by atoms with E-state index in [0.29, 0.717) is 18.4 Å². The summed E-state index contributed by atoms with van der Waals surface area (Å²) in [5, 5.41) is 9.22. The molecule has 27 heavy (non-hydrogen) atoms. The van der Waals surface area contributed by atoms with Crippen LogP contribution in [0.2, 0.25) is 0 Å². The van der Waals surface area contributed by atoms with Crippen LogP contribution in [0.4, 0.5) is 0 Å². The van der Waals surface area contributed by atoms with Crippen molar-refractivity contribution in [1.82, 2.24) is 4.72 Å². The van der Waals surface area contributed by atoms with Crippen molar-refractivity contribution >= 4 is 37.7 Å². The average molecular weight is 458 g/mol. The predicted molar refractivity (Wildman–Crippen MR) is 105 cm³/mol. The molecule has 1 aromatic rings. The normalized spacial score (nSPS) is 27.7.